The molecule has 8 nitrogen and oxygen atoms in total. The van der Waals surface area contributed by atoms with Crippen LogP contribution in [-0.4, -0.2) is 70.6 Å². The van der Waals surface area contributed by atoms with Gasteiger partial charge in [-0.15, -0.1) is 5.10 Å². The standard InChI is InChI=1S/C28H38N6O2/c1-21-16-22(32-12-14-33(15-13-32)28(4,5)25-8-6-7-11-29-25)9-10-23(21)24-17-34(31-30-24)18-26-35-19-27(2,3)20-36-26/h6-11,16-17,26H,12-15,18-20H2,1-5H3. The Kier molecular flexibility index (Phi) is 6.85. The van der Waals surface area contributed by atoms with E-state index in [4.69, 9.17) is 9.47 Å². The molecule has 2 aliphatic heterocycles. The highest BCUT2D eigenvalue weighted by Gasteiger charge is 2.33. The zero-order valence-electron chi connectivity index (χ0n) is 22.1. The third-order valence-corrected chi connectivity index (χ3v) is 7.41. The minimum Gasteiger partial charge on any atom is -0.369 e. The first-order valence-electron chi connectivity index (χ1n) is 12.9. The SMILES string of the molecule is Cc1cc(N2CCN(C(C)(C)c3ccccn3)CC2)ccc1-c1cn(CC2OCC(C)(C)CO2)nn1. The van der Waals surface area contributed by atoms with Crippen LogP contribution in [0.25, 0.3) is 11.3 Å². The number of benzene rings is 1. The second-order valence-corrected chi connectivity index (χ2v) is 11.3. The number of ether oxygens (including phenoxy) is 2. The summed E-state index contributed by atoms with van der Waals surface area (Å²) in [5.41, 5.74) is 5.53. The second-order valence-electron chi connectivity index (χ2n) is 11.3. The number of aromatic nitrogens is 4. The highest BCUT2D eigenvalue weighted by Crippen LogP contribution is 2.30. The average Bonchev–Trinajstić information content (AvgIpc) is 3.34. The number of anilines is 1. The van der Waals surface area contributed by atoms with Crippen molar-refractivity contribution in [1.82, 2.24) is 24.9 Å². The molecule has 0 saturated carbocycles. The van der Waals surface area contributed by atoms with Crippen molar-refractivity contribution in [2.24, 2.45) is 5.41 Å². The maximum Gasteiger partial charge on any atom is 0.177 e. The van der Waals surface area contributed by atoms with Crippen LogP contribution >= 0.6 is 0 Å². The summed E-state index contributed by atoms with van der Waals surface area (Å²) in [5.74, 6) is 0. The summed E-state index contributed by atoms with van der Waals surface area (Å²) >= 11 is 0. The molecule has 0 amide bonds. The van der Waals surface area contributed by atoms with Crippen LogP contribution in [0.15, 0.2) is 48.8 Å². The van der Waals surface area contributed by atoms with Crippen LogP contribution in [0.5, 0.6) is 0 Å². The molecule has 192 valence electrons. The van der Waals surface area contributed by atoms with Gasteiger partial charge in [-0.1, -0.05) is 31.2 Å². The van der Waals surface area contributed by atoms with Crippen LogP contribution in [0.1, 0.15) is 39.0 Å². The molecule has 0 unspecified atom stereocenters. The molecular formula is C28H38N6O2. The van der Waals surface area contributed by atoms with Crippen LogP contribution in [0, 0.1) is 12.3 Å². The molecule has 0 spiro atoms. The molecule has 2 aliphatic rings. The Morgan fingerprint density at radius 1 is 1.03 bits per heavy atom. The fourth-order valence-electron chi connectivity index (χ4n) is 5.04. The van der Waals surface area contributed by atoms with E-state index in [0.29, 0.717) is 19.8 Å². The predicted molar refractivity (Wildman–Crippen MR) is 141 cm³/mol. The van der Waals surface area contributed by atoms with Crippen molar-refractivity contribution in [2.45, 2.75) is 53.0 Å². The monoisotopic (exact) mass is 490 g/mol. The van der Waals surface area contributed by atoms with Gasteiger partial charge in [0.15, 0.2) is 6.29 Å². The summed E-state index contributed by atoms with van der Waals surface area (Å²) in [6, 6.07) is 12.8. The van der Waals surface area contributed by atoms with Crippen LogP contribution in [-0.2, 0) is 21.6 Å². The van der Waals surface area contributed by atoms with E-state index in [1.54, 1.807) is 0 Å². The zero-order chi connectivity index (χ0) is 25.3. The van der Waals surface area contributed by atoms with E-state index in [1.807, 2.05) is 23.1 Å². The van der Waals surface area contributed by atoms with Crippen molar-refractivity contribution in [3.05, 3.63) is 60.0 Å². The van der Waals surface area contributed by atoms with Crippen LogP contribution in [0.3, 0.4) is 0 Å². The zero-order valence-corrected chi connectivity index (χ0v) is 22.1. The van der Waals surface area contributed by atoms with E-state index in [1.165, 1.54) is 11.3 Å². The van der Waals surface area contributed by atoms with Crippen molar-refractivity contribution in [2.75, 3.05) is 44.3 Å². The van der Waals surface area contributed by atoms with Gasteiger partial charge in [0.25, 0.3) is 0 Å². The summed E-state index contributed by atoms with van der Waals surface area (Å²) < 4.78 is 13.5. The first-order chi connectivity index (χ1) is 17.2. The average molecular weight is 491 g/mol. The summed E-state index contributed by atoms with van der Waals surface area (Å²) in [6.07, 6.45) is 3.58. The van der Waals surface area contributed by atoms with Crippen LogP contribution in [0.2, 0.25) is 0 Å². The molecule has 4 heterocycles. The largest absolute Gasteiger partial charge is 0.369 e. The molecule has 0 atom stereocenters. The van der Waals surface area contributed by atoms with Gasteiger partial charge in [0, 0.05) is 49.0 Å². The van der Waals surface area contributed by atoms with E-state index < -0.39 is 0 Å². The molecule has 0 aliphatic carbocycles. The van der Waals surface area contributed by atoms with E-state index in [0.717, 1.165) is 43.1 Å². The molecule has 1 aromatic carbocycles. The van der Waals surface area contributed by atoms with Crippen LogP contribution < -0.4 is 4.90 Å². The van der Waals surface area contributed by atoms with Gasteiger partial charge in [0.1, 0.15) is 5.69 Å². The number of nitrogens with zero attached hydrogens (tertiary/aromatic N) is 6. The third-order valence-electron chi connectivity index (χ3n) is 7.41. The van der Waals surface area contributed by atoms with Crippen molar-refractivity contribution in [3.63, 3.8) is 0 Å². The van der Waals surface area contributed by atoms with Crippen molar-refractivity contribution in [1.29, 1.82) is 0 Å². The highest BCUT2D eigenvalue weighted by molar-refractivity contribution is 5.67. The van der Waals surface area contributed by atoms with Gasteiger partial charge >= 0.3 is 0 Å². The minimum absolute atomic E-state index is 0.0604. The van der Waals surface area contributed by atoms with Crippen molar-refractivity contribution >= 4 is 5.69 Å². The number of rotatable bonds is 6. The maximum absolute atomic E-state index is 5.85. The molecule has 8 heteroatoms. The van der Waals surface area contributed by atoms with E-state index in [2.05, 4.69) is 90.0 Å². The van der Waals surface area contributed by atoms with E-state index >= 15 is 0 Å². The quantitative estimate of drug-likeness (QED) is 0.515. The summed E-state index contributed by atoms with van der Waals surface area (Å²) in [7, 11) is 0. The number of aryl methyl sites for hydroxylation is 1. The van der Waals surface area contributed by atoms with Gasteiger partial charge in [0.2, 0.25) is 0 Å². The fraction of sp³-hybridized carbons (Fsp3) is 0.536. The van der Waals surface area contributed by atoms with Gasteiger partial charge < -0.3 is 14.4 Å². The van der Waals surface area contributed by atoms with Gasteiger partial charge in [0.05, 0.1) is 37.2 Å². The van der Waals surface area contributed by atoms with Crippen molar-refractivity contribution < 1.29 is 9.47 Å². The number of hydrogen-bond acceptors (Lipinski definition) is 7. The molecule has 2 fully saturated rings. The molecule has 3 aromatic rings. The first kappa shape index (κ1) is 24.9. The molecular weight excluding hydrogens is 452 g/mol. The van der Waals surface area contributed by atoms with Gasteiger partial charge in [-0.2, -0.15) is 0 Å². The normalized spacial score (nSPS) is 19.5. The lowest BCUT2D eigenvalue weighted by Crippen LogP contribution is -2.53. The number of hydrogen-bond donors (Lipinski definition) is 0. The third kappa shape index (κ3) is 5.31. The topological polar surface area (TPSA) is 68.5 Å². The lowest BCUT2D eigenvalue weighted by atomic mass is 9.96. The number of pyridine rings is 1. The lowest BCUT2D eigenvalue weighted by Gasteiger charge is -2.44. The Morgan fingerprint density at radius 3 is 2.44 bits per heavy atom. The Hall–Kier alpha value is -2.81. The first-order valence-corrected chi connectivity index (χ1v) is 12.9. The summed E-state index contributed by atoms with van der Waals surface area (Å²) in [5, 5.41) is 8.74. The molecule has 2 aromatic heterocycles. The van der Waals surface area contributed by atoms with E-state index in [9.17, 15) is 0 Å². The minimum atomic E-state index is -0.280. The van der Waals surface area contributed by atoms with Gasteiger partial charge in [-0.05, 0) is 50.6 Å². The fourth-order valence-corrected chi connectivity index (χ4v) is 5.04. The Balaban J connectivity index is 1.21. The number of piperazine rings is 1. The highest BCUT2D eigenvalue weighted by atomic mass is 16.7. The molecule has 0 N–H and O–H groups in total. The summed E-state index contributed by atoms with van der Waals surface area (Å²) in [6.45, 7) is 16.9. The predicted octanol–water partition coefficient (Wildman–Crippen LogP) is 4.10. The van der Waals surface area contributed by atoms with E-state index in [-0.39, 0.29) is 17.2 Å². The Labute approximate surface area is 214 Å². The molecule has 36 heavy (non-hydrogen) atoms. The Morgan fingerprint density at radius 2 is 1.78 bits per heavy atom. The molecule has 0 radical (unpaired) electrons. The van der Waals surface area contributed by atoms with Crippen LogP contribution in [0.4, 0.5) is 5.69 Å². The molecule has 2 saturated heterocycles. The second kappa shape index (κ2) is 9.92. The summed E-state index contributed by atoms with van der Waals surface area (Å²) in [4.78, 5) is 9.61. The Bertz CT molecular complexity index is 1160. The maximum atomic E-state index is 5.85. The lowest BCUT2D eigenvalue weighted by molar-refractivity contribution is -0.227. The van der Waals surface area contributed by atoms with Gasteiger partial charge in [-0.25, -0.2) is 4.68 Å². The molecule has 0 bridgehead atoms. The van der Waals surface area contributed by atoms with Crippen molar-refractivity contribution in [3.8, 4) is 11.3 Å². The van der Waals surface area contributed by atoms with Gasteiger partial charge in [-0.3, -0.25) is 9.88 Å². The molecule has 5 rings (SSSR count). The smallest absolute Gasteiger partial charge is 0.177 e.